The molecule has 1 amide bonds. The standard InChI is InChI=1S/C24H24ClN3O3/c1-17(29)24(18-6-3-2-4-7-18)10-12-28(13-11-24)15-22-27-21(16-31-22)23(30)26-20-9-5-8-19(25)14-20/h2-9,14,16H,10-13,15H2,1H3,(H,26,30). The van der Waals surface area contributed by atoms with Gasteiger partial charge < -0.3 is 9.73 Å². The molecular formula is C24H24ClN3O3. The van der Waals surface area contributed by atoms with E-state index in [1.54, 1.807) is 31.2 Å². The van der Waals surface area contributed by atoms with Gasteiger partial charge in [-0.05, 0) is 56.6 Å². The zero-order valence-corrected chi connectivity index (χ0v) is 18.1. The molecule has 2 heterocycles. The largest absolute Gasteiger partial charge is 0.447 e. The average molecular weight is 438 g/mol. The van der Waals surface area contributed by atoms with Gasteiger partial charge in [0.25, 0.3) is 5.91 Å². The maximum absolute atomic E-state index is 12.5. The molecule has 2 aromatic carbocycles. The van der Waals surface area contributed by atoms with Crippen molar-refractivity contribution in [1.29, 1.82) is 0 Å². The van der Waals surface area contributed by atoms with Gasteiger partial charge in [0.2, 0.25) is 5.89 Å². The number of hydrogen-bond donors (Lipinski definition) is 1. The van der Waals surface area contributed by atoms with Crippen molar-refractivity contribution in [2.24, 2.45) is 0 Å². The molecule has 1 saturated heterocycles. The number of oxazole rings is 1. The van der Waals surface area contributed by atoms with Crippen molar-refractivity contribution in [3.8, 4) is 0 Å². The Kier molecular flexibility index (Phi) is 6.20. The van der Waals surface area contributed by atoms with Crippen LogP contribution in [-0.2, 0) is 16.8 Å². The Labute approximate surface area is 186 Å². The van der Waals surface area contributed by atoms with Crippen molar-refractivity contribution in [2.45, 2.75) is 31.7 Å². The van der Waals surface area contributed by atoms with Gasteiger partial charge in [-0.1, -0.05) is 48.0 Å². The van der Waals surface area contributed by atoms with E-state index in [1.165, 1.54) is 6.26 Å². The molecule has 0 unspecified atom stereocenters. The first-order valence-electron chi connectivity index (χ1n) is 10.3. The van der Waals surface area contributed by atoms with Crippen molar-refractivity contribution in [1.82, 2.24) is 9.88 Å². The Balaban J connectivity index is 1.38. The highest BCUT2D eigenvalue weighted by Crippen LogP contribution is 2.36. The number of anilines is 1. The monoisotopic (exact) mass is 437 g/mol. The molecule has 1 fully saturated rings. The quantitative estimate of drug-likeness (QED) is 0.604. The minimum atomic E-state index is -0.434. The van der Waals surface area contributed by atoms with Crippen LogP contribution in [0.4, 0.5) is 5.69 Å². The van der Waals surface area contributed by atoms with Crippen molar-refractivity contribution in [2.75, 3.05) is 18.4 Å². The summed E-state index contributed by atoms with van der Waals surface area (Å²) >= 11 is 5.95. The van der Waals surface area contributed by atoms with Crippen LogP contribution in [0.5, 0.6) is 0 Å². The summed E-state index contributed by atoms with van der Waals surface area (Å²) < 4.78 is 5.53. The van der Waals surface area contributed by atoms with Gasteiger partial charge in [0, 0.05) is 10.7 Å². The van der Waals surface area contributed by atoms with Crippen molar-refractivity contribution < 1.29 is 14.0 Å². The lowest BCUT2D eigenvalue weighted by atomic mass is 9.70. The molecule has 1 aromatic heterocycles. The van der Waals surface area contributed by atoms with E-state index in [2.05, 4.69) is 15.2 Å². The number of likely N-dealkylation sites (tertiary alicyclic amines) is 1. The van der Waals surface area contributed by atoms with E-state index < -0.39 is 5.41 Å². The normalized spacial score (nSPS) is 16.1. The van der Waals surface area contributed by atoms with Crippen molar-refractivity contribution >= 4 is 29.0 Å². The second-order valence-corrected chi connectivity index (χ2v) is 8.31. The minimum absolute atomic E-state index is 0.203. The van der Waals surface area contributed by atoms with Crippen LogP contribution >= 0.6 is 11.6 Å². The lowest BCUT2D eigenvalue weighted by Gasteiger charge is -2.40. The van der Waals surface area contributed by atoms with Crippen molar-refractivity contribution in [3.63, 3.8) is 0 Å². The predicted octanol–water partition coefficient (Wildman–Crippen LogP) is 4.70. The summed E-state index contributed by atoms with van der Waals surface area (Å²) in [5.41, 5.74) is 1.46. The van der Waals surface area contributed by atoms with E-state index in [1.807, 2.05) is 30.3 Å². The number of amides is 1. The van der Waals surface area contributed by atoms with Crippen LogP contribution in [0.15, 0.2) is 65.3 Å². The first-order valence-corrected chi connectivity index (χ1v) is 10.6. The number of piperidine rings is 1. The fourth-order valence-corrected chi connectivity index (χ4v) is 4.32. The Morgan fingerprint density at radius 2 is 1.87 bits per heavy atom. The molecule has 0 bridgehead atoms. The van der Waals surface area contributed by atoms with Gasteiger partial charge in [-0.3, -0.25) is 14.5 Å². The fourth-order valence-electron chi connectivity index (χ4n) is 4.13. The molecule has 7 heteroatoms. The molecule has 0 spiro atoms. The van der Waals surface area contributed by atoms with Crippen LogP contribution in [0.1, 0.15) is 41.7 Å². The molecule has 4 rings (SSSR count). The molecule has 1 aliphatic heterocycles. The smallest absolute Gasteiger partial charge is 0.277 e. The number of nitrogens with one attached hydrogen (secondary N) is 1. The summed E-state index contributed by atoms with van der Waals surface area (Å²) in [6, 6.07) is 16.9. The van der Waals surface area contributed by atoms with E-state index in [4.69, 9.17) is 16.0 Å². The average Bonchev–Trinajstić information content (AvgIpc) is 3.23. The third-order valence-electron chi connectivity index (χ3n) is 5.94. The minimum Gasteiger partial charge on any atom is -0.447 e. The van der Waals surface area contributed by atoms with E-state index in [9.17, 15) is 9.59 Å². The summed E-state index contributed by atoms with van der Waals surface area (Å²) in [5, 5.41) is 3.30. The zero-order valence-electron chi connectivity index (χ0n) is 17.3. The van der Waals surface area contributed by atoms with Gasteiger partial charge in [-0.2, -0.15) is 0 Å². The van der Waals surface area contributed by atoms with Crippen LogP contribution in [0.25, 0.3) is 0 Å². The third-order valence-corrected chi connectivity index (χ3v) is 6.17. The summed E-state index contributed by atoms with van der Waals surface area (Å²) in [6.45, 7) is 3.68. The fraction of sp³-hybridized carbons (Fsp3) is 0.292. The summed E-state index contributed by atoms with van der Waals surface area (Å²) in [5.74, 6) is 0.330. The predicted molar refractivity (Wildman–Crippen MR) is 119 cm³/mol. The molecule has 3 aromatic rings. The van der Waals surface area contributed by atoms with Crippen LogP contribution < -0.4 is 5.32 Å². The Morgan fingerprint density at radius 1 is 1.13 bits per heavy atom. The van der Waals surface area contributed by atoms with E-state index in [-0.39, 0.29) is 17.4 Å². The number of halogens is 1. The lowest BCUT2D eigenvalue weighted by Crippen LogP contribution is -2.46. The number of rotatable bonds is 6. The Morgan fingerprint density at radius 3 is 2.55 bits per heavy atom. The van der Waals surface area contributed by atoms with Gasteiger partial charge in [-0.15, -0.1) is 0 Å². The van der Waals surface area contributed by atoms with Crippen LogP contribution in [0.2, 0.25) is 5.02 Å². The first-order chi connectivity index (χ1) is 15.0. The molecule has 0 radical (unpaired) electrons. The molecular weight excluding hydrogens is 414 g/mol. The zero-order chi connectivity index (χ0) is 21.8. The molecule has 0 aliphatic carbocycles. The van der Waals surface area contributed by atoms with E-state index in [0.717, 1.165) is 31.5 Å². The highest BCUT2D eigenvalue weighted by Gasteiger charge is 2.40. The highest BCUT2D eigenvalue weighted by molar-refractivity contribution is 6.30. The van der Waals surface area contributed by atoms with E-state index in [0.29, 0.717) is 23.1 Å². The van der Waals surface area contributed by atoms with Crippen LogP contribution in [0, 0.1) is 0 Å². The number of hydrogen-bond acceptors (Lipinski definition) is 5. The molecule has 31 heavy (non-hydrogen) atoms. The number of benzene rings is 2. The third kappa shape index (κ3) is 4.70. The SMILES string of the molecule is CC(=O)C1(c2ccccc2)CCN(Cc2nc(C(=O)Nc3cccc(Cl)c3)co2)CC1. The number of carbonyl (C=O) groups excluding carboxylic acids is 2. The number of Topliss-reactive ketones (excluding diaryl/α,β-unsaturated/α-hetero) is 1. The lowest BCUT2D eigenvalue weighted by molar-refractivity contribution is -0.124. The maximum atomic E-state index is 12.5. The van der Waals surface area contributed by atoms with Gasteiger partial charge in [0.1, 0.15) is 12.0 Å². The van der Waals surface area contributed by atoms with Gasteiger partial charge in [0.05, 0.1) is 12.0 Å². The topological polar surface area (TPSA) is 75.4 Å². The van der Waals surface area contributed by atoms with Gasteiger partial charge in [0.15, 0.2) is 5.69 Å². The molecule has 0 saturated carbocycles. The highest BCUT2D eigenvalue weighted by atomic mass is 35.5. The molecule has 1 N–H and O–H groups in total. The van der Waals surface area contributed by atoms with Gasteiger partial charge in [-0.25, -0.2) is 4.98 Å². The number of aromatic nitrogens is 1. The summed E-state index contributed by atoms with van der Waals surface area (Å²) in [6.07, 6.45) is 2.85. The van der Waals surface area contributed by atoms with E-state index >= 15 is 0 Å². The van der Waals surface area contributed by atoms with Crippen LogP contribution in [0.3, 0.4) is 0 Å². The molecule has 0 atom stereocenters. The number of carbonyl (C=O) groups is 2. The number of nitrogens with zero attached hydrogens (tertiary/aromatic N) is 2. The summed E-state index contributed by atoms with van der Waals surface area (Å²) in [7, 11) is 0. The molecule has 1 aliphatic rings. The van der Waals surface area contributed by atoms with Crippen molar-refractivity contribution in [3.05, 3.63) is 83.0 Å². The summed E-state index contributed by atoms with van der Waals surface area (Å²) in [4.78, 5) is 31.5. The number of ketones is 1. The maximum Gasteiger partial charge on any atom is 0.277 e. The molecule has 160 valence electrons. The Hall–Kier alpha value is -2.96. The Bertz CT molecular complexity index is 1070. The van der Waals surface area contributed by atoms with Gasteiger partial charge >= 0.3 is 0 Å². The second kappa shape index (κ2) is 9.04. The first kappa shape index (κ1) is 21.3. The molecule has 6 nitrogen and oxygen atoms in total. The van der Waals surface area contributed by atoms with Crippen LogP contribution in [-0.4, -0.2) is 34.7 Å². The second-order valence-electron chi connectivity index (χ2n) is 7.87.